The Morgan fingerprint density at radius 1 is 1.42 bits per heavy atom. The van der Waals surface area contributed by atoms with Crippen LogP contribution in [0.15, 0.2) is 10.9 Å². The second-order valence-corrected chi connectivity index (χ2v) is 6.61. The summed E-state index contributed by atoms with van der Waals surface area (Å²) in [5.41, 5.74) is 1.94. The molecule has 0 saturated carbocycles. The second kappa shape index (κ2) is 6.35. The maximum absolute atomic E-state index is 12.9. The maximum atomic E-state index is 12.9. The van der Waals surface area contributed by atoms with Gasteiger partial charge in [0.05, 0.1) is 12.0 Å². The molecule has 2 aliphatic rings. The summed E-state index contributed by atoms with van der Waals surface area (Å²) in [6, 6.07) is -0.309. The van der Waals surface area contributed by atoms with Crippen molar-refractivity contribution < 1.29 is 9.32 Å². The van der Waals surface area contributed by atoms with Crippen LogP contribution >= 0.6 is 0 Å². The number of aromatic nitrogens is 4. The zero-order valence-corrected chi connectivity index (χ0v) is 13.8. The number of hydrogen-bond acceptors (Lipinski definition) is 6. The van der Waals surface area contributed by atoms with Crippen LogP contribution in [0.1, 0.15) is 42.0 Å². The van der Waals surface area contributed by atoms with Crippen molar-refractivity contribution in [3.05, 3.63) is 29.4 Å². The van der Waals surface area contributed by atoms with Crippen LogP contribution < -0.4 is 5.32 Å². The van der Waals surface area contributed by atoms with Gasteiger partial charge in [0, 0.05) is 45.1 Å². The predicted molar refractivity (Wildman–Crippen MR) is 85.1 cm³/mol. The number of piperidine rings is 1. The first-order chi connectivity index (χ1) is 11.7. The molecule has 1 fully saturated rings. The summed E-state index contributed by atoms with van der Waals surface area (Å²) in [6.45, 7) is 4.16. The summed E-state index contributed by atoms with van der Waals surface area (Å²) < 4.78 is 5.03. The molecule has 1 atom stereocenters. The standard InChI is InChI=1S/C16H22N6O2/c1-10-20-13(21-24-10)8-11-3-6-22(7-4-11)16(23)15-14-12(2-5-17-15)18-9-19-14/h9,11,15,17H,2-8H2,1H3,(H,18,19). The first kappa shape index (κ1) is 15.3. The van der Waals surface area contributed by atoms with Crippen molar-refractivity contribution in [3.8, 4) is 0 Å². The minimum absolute atomic E-state index is 0.136. The molecule has 128 valence electrons. The Morgan fingerprint density at radius 2 is 2.25 bits per heavy atom. The molecule has 4 heterocycles. The van der Waals surface area contributed by atoms with Crippen LogP contribution in [0, 0.1) is 12.8 Å². The first-order valence-corrected chi connectivity index (χ1v) is 8.54. The van der Waals surface area contributed by atoms with Crippen LogP contribution in [0.3, 0.4) is 0 Å². The van der Waals surface area contributed by atoms with Crippen molar-refractivity contribution >= 4 is 5.91 Å². The molecule has 0 aliphatic carbocycles. The Morgan fingerprint density at radius 3 is 3.00 bits per heavy atom. The van der Waals surface area contributed by atoms with Crippen molar-refractivity contribution in [2.45, 2.75) is 38.6 Å². The van der Waals surface area contributed by atoms with Gasteiger partial charge in [-0.05, 0) is 18.8 Å². The van der Waals surface area contributed by atoms with Crippen molar-refractivity contribution in [3.63, 3.8) is 0 Å². The Kier molecular flexibility index (Phi) is 4.05. The van der Waals surface area contributed by atoms with Gasteiger partial charge in [0.1, 0.15) is 6.04 Å². The summed E-state index contributed by atoms with van der Waals surface area (Å²) in [6.07, 6.45) is 5.34. The zero-order chi connectivity index (χ0) is 16.5. The molecule has 0 bridgehead atoms. The van der Waals surface area contributed by atoms with E-state index in [9.17, 15) is 4.79 Å². The Labute approximate surface area is 140 Å². The van der Waals surface area contributed by atoms with Gasteiger partial charge in [0.15, 0.2) is 5.82 Å². The number of carbonyl (C=O) groups is 1. The molecule has 4 rings (SSSR count). The fourth-order valence-electron chi connectivity index (χ4n) is 3.65. The van der Waals surface area contributed by atoms with Gasteiger partial charge < -0.3 is 19.7 Å². The molecule has 0 radical (unpaired) electrons. The van der Waals surface area contributed by atoms with Gasteiger partial charge in [-0.15, -0.1) is 0 Å². The molecule has 8 heteroatoms. The number of fused-ring (bicyclic) bond motifs is 1. The lowest BCUT2D eigenvalue weighted by Gasteiger charge is -2.34. The SMILES string of the molecule is Cc1nc(CC2CCN(C(=O)C3NCCc4[nH]cnc43)CC2)no1. The molecular weight excluding hydrogens is 308 g/mol. The minimum atomic E-state index is -0.309. The largest absolute Gasteiger partial charge is 0.348 e. The average Bonchev–Trinajstić information content (AvgIpc) is 3.23. The van der Waals surface area contributed by atoms with Crippen molar-refractivity contribution in [2.75, 3.05) is 19.6 Å². The van der Waals surface area contributed by atoms with Crippen LogP contribution in [0.4, 0.5) is 0 Å². The number of amides is 1. The summed E-state index contributed by atoms with van der Waals surface area (Å²) in [5, 5.41) is 7.27. The number of carbonyl (C=O) groups excluding carboxylic acids is 1. The monoisotopic (exact) mass is 330 g/mol. The molecular formula is C16H22N6O2. The molecule has 0 aromatic carbocycles. The number of likely N-dealkylation sites (tertiary alicyclic amines) is 1. The van der Waals surface area contributed by atoms with Crippen molar-refractivity contribution in [2.24, 2.45) is 5.92 Å². The van der Waals surface area contributed by atoms with Gasteiger partial charge in [-0.1, -0.05) is 5.16 Å². The Bertz CT molecular complexity index is 716. The van der Waals surface area contributed by atoms with E-state index in [-0.39, 0.29) is 11.9 Å². The average molecular weight is 330 g/mol. The van der Waals surface area contributed by atoms with E-state index in [0.717, 1.165) is 62.5 Å². The highest BCUT2D eigenvalue weighted by Crippen LogP contribution is 2.26. The number of nitrogens with zero attached hydrogens (tertiary/aromatic N) is 4. The normalized spacial score (nSPS) is 21.7. The molecule has 0 spiro atoms. The van der Waals surface area contributed by atoms with E-state index >= 15 is 0 Å². The van der Waals surface area contributed by atoms with E-state index in [1.807, 2.05) is 4.90 Å². The van der Waals surface area contributed by atoms with Gasteiger partial charge in [0.2, 0.25) is 11.8 Å². The smallest absolute Gasteiger partial charge is 0.246 e. The van der Waals surface area contributed by atoms with Gasteiger partial charge in [-0.3, -0.25) is 4.79 Å². The van der Waals surface area contributed by atoms with Gasteiger partial charge in [-0.25, -0.2) is 4.98 Å². The highest BCUT2D eigenvalue weighted by molar-refractivity contribution is 5.83. The van der Waals surface area contributed by atoms with Gasteiger partial charge in [-0.2, -0.15) is 4.98 Å². The maximum Gasteiger partial charge on any atom is 0.246 e. The van der Waals surface area contributed by atoms with E-state index in [2.05, 4.69) is 25.4 Å². The molecule has 2 N–H and O–H groups in total. The lowest BCUT2D eigenvalue weighted by atomic mass is 9.92. The van der Waals surface area contributed by atoms with Gasteiger partial charge >= 0.3 is 0 Å². The fourth-order valence-corrected chi connectivity index (χ4v) is 3.65. The number of rotatable bonds is 3. The summed E-state index contributed by atoms with van der Waals surface area (Å²) in [4.78, 5) is 26.6. The van der Waals surface area contributed by atoms with Crippen molar-refractivity contribution in [1.82, 2.24) is 30.3 Å². The summed E-state index contributed by atoms with van der Waals surface area (Å²) in [5.74, 6) is 2.02. The van der Waals surface area contributed by atoms with E-state index in [1.165, 1.54) is 0 Å². The molecule has 2 aromatic rings. The number of imidazole rings is 1. The third-order valence-corrected chi connectivity index (χ3v) is 4.96. The van der Waals surface area contributed by atoms with Crippen LogP contribution in [-0.4, -0.2) is 50.5 Å². The molecule has 8 nitrogen and oxygen atoms in total. The zero-order valence-electron chi connectivity index (χ0n) is 13.8. The fraction of sp³-hybridized carbons (Fsp3) is 0.625. The highest BCUT2D eigenvalue weighted by Gasteiger charge is 2.33. The van der Waals surface area contributed by atoms with Crippen LogP contribution in [-0.2, 0) is 17.6 Å². The Hall–Kier alpha value is -2.22. The van der Waals surface area contributed by atoms with Crippen LogP contribution in [0.2, 0.25) is 0 Å². The number of aromatic amines is 1. The van der Waals surface area contributed by atoms with E-state index in [4.69, 9.17) is 4.52 Å². The number of nitrogens with one attached hydrogen (secondary N) is 2. The molecule has 1 amide bonds. The van der Waals surface area contributed by atoms with Crippen LogP contribution in [0.25, 0.3) is 0 Å². The number of H-pyrrole nitrogens is 1. The predicted octanol–water partition coefficient (Wildman–Crippen LogP) is 0.769. The van der Waals surface area contributed by atoms with Crippen LogP contribution in [0.5, 0.6) is 0 Å². The van der Waals surface area contributed by atoms with Crippen molar-refractivity contribution in [1.29, 1.82) is 0 Å². The minimum Gasteiger partial charge on any atom is -0.348 e. The van der Waals surface area contributed by atoms with E-state index in [1.54, 1.807) is 13.3 Å². The van der Waals surface area contributed by atoms with Gasteiger partial charge in [0.25, 0.3) is 0 Å². The second-order valence-electron chi connectivity index (χ2n) is 6.61. The Balaban J connectivity index is 1.35. The quantitative estimate of drug-likeness (QED) is 0.862. The first-order valence-electron chi connectivity index (χ1n) is 8.54. The summed E-state index contributed by atoms with van der Waals surface area (Å²) in [7, 11) is 0. The van der Waals surface area contributed by atoms with E-state index < -0.39 is 0 Å². The third-order valence-electron chi connectivity index (χ3n) is 4.96. The number of hydrogen-bond donors (Lipinski definition) is 2. The highest BCUT2D eigenvalue weighted by atomic mass is 16.5. The summed E-state index contributed by atoms with van der Waals surface area (Å²) >= 11 is 0. The van der Waals surface area contributed by atoms with E-state index in [0.29, 0.717) is 11.8 Å². The number of aryl methyl sites for hydroxylation is 1. The molecule has 2 aliphatic heterocycles. The lowest BCUT2D eigenvalue weighted by Crippen LogP contribution is -2.47. The molecule has 24 heavy (non-hydrogen) atoms. The topological polar surface area (TPSA) is 99.9 Å². The third kappa shape index (κ3) is 2.93. The molecule has 1 unspecified atom stereocenters. The lowest BCUT2D eigenvalue weighted by molar-refractivity contribution is -0.135. The molecule has 2 aromatic heterocycles. The molecule has 1 saturated heterocycles.